The molecule has 0 saturated carbocycles. The molecule has 2 nitrogen and oxygen atoms in total. The van der Waals surface area contributed by atoms with E-state index < -0.39 is 11.7 Å². The fourth-order valence-corrected chi connectivity index (χ4v) is 2.17. The zero-order valence-corrected chi connectivity index (χ0v) is 11.6. The Morgan fingerprint density at radius 2 is 1.67 bits per heavy atom. The number of rotatable bonds is 3. The van der Waals surface area contributed by atoms with Crippen LogP contribution in [0.3, 0.4) is 0 Å². The van der Waals surface area contributed by atoms with Crippen molar-refractivity contribution in [2.75, 3.05) is 0 Å². The average Bonchev–Trinajstić information content (AvgIpc) is 2.45. The van der Waals surface area contributed by atoms with Crippen LogP contribution in [0, 0.1) is 0 Å². The fraction of sp³-hybridized carbons (Fsp3) is 0.250. The molecule has 4 N–H and O–H groups in total. The highest BCUT2D eigenvalue weighted by Crippen LogP contribution is 2.37. The van der Waals surface area contributed by atoms with E-state index >= 15 is 0 Å². The van der Waals surface area contributed by atoms with Gasteiger partial charge in [-0.15, -0.1) is 0 Å². The van der Waals surface area contributed by atoms with Crippen LogP contribution in [0.2, 0.25) is 0 Å². The van der Waals surface area contributed by atoms with Gasteiger partial charge in [0.1, 0.15) is 0 Å². The van der Waals surface area contributed by atoms with E-state index in [9.17, 15) is 13.2 Å². The molecule has 2 aromatic carbocycles. The predicted octanol–water partition coefficient (Wildman–Crippen LogP) is 3.85. The summed E-state index contributed by atoms with van der Waals surface area (Å²) in [7, 11) is 0. The van der Waals surface area contributed by atoms with Crippen LogP contribution in [0.25, 0.3) is 11.1 Å². The molecule has 5 heteroatoms. The van der Waals surface area contributed by atoms with Gasteiger partial charge in [0.25, 0.3) is 0 Å². The summed E-state index contributed by atoms with van der Waals surface area (Å²) in [5, 5.41) is 0. The zero-order valence-electron chi connectivity index (χ0n) is 11.6. The molecule has 112 valence electrons. The highest BCUT2D eigenvalue weighted by molar-refractivity contribution is 5.69. The summed E-state index contributed by atoms with van der Waals surface area (Å²) >= 11 is 0. The first kappa shape index (κ1) is 15.5. The summed E-state index contributed by atoms with van der Waals surface area (Å²) in [6, 6.07) is 10.6. The normalized spacial score (nSPS) is 13.2. The van der Waals surface area contributed by atoms with E-state index in [1.54, 1.807) is 24.3 Å². The molecule has 0 bridgehead atoms. The summed E-state index contributed by atoms with van der Waals surface area (Å²) in [6.45, 7) is 2.02. The van der Waals surface area contributed by atoms with Crippen LogP contribution in [0.15, 0.2) is 42.5 Å². The molecular weight excluding hydrogens is 277 g/mol. The molecule has 0 saturated heterocycles. The smallest absolute Gasteiger partial charge is 0.326 e. The van der Waals surface area contributed by atoms with Crippen LogP contribution in [0.5, 0.6) is 0 Å². The van der Waals surface area contributed by atoms with Gasteiger partial charge >= 0.3 is 6.18 Å². The van der Waals surface area contributed by atoms with Crippen molar-refractivity contribution in [3.8, 4) is 11.1 Å². The Hall–Kier alpha value is -1.85. The maximum atomic E-state index is 13.1. The Labute approximate surface area is 121 Å². The van der Waals surface area contributed by atoms with Gasteiger partial charge in [-0.1, -0.05) is 30.3 Å². The van der Waals surface area contributed by atoms with Crippen LogP contribution in [0.1, 0.15) is 29.7 Å². The summed E-state index contributed by atoms with van der Waals surface area (Å²) in [6.07, 6.45) is -4.40. The van der Waals surface area contributed by atoms with Gasteiger partial charge in [0.15, 0.2) is 0 Å². The topological polar surface area (TPSA) is 52.0 Å². The minimum atomic E-state index is -4.40. The molecule has 0 heterocycles. The standard InChI is InChI=1S/C16H17F3N2/c1-10(21)12-3-5-13(6-4-12)14-8-11(9-20)2-7-15(14)16(17,18)19/h2-8,10H,9,20-21H2,1H3. The first-order chi connectivity index (χ1) is 9.82. The summed E-state index contributed by atoms with van der Waals surface area (Å²) in [4.78, 5) is 0. The SMILES string of the molecule is CC(N)c1ccc(-c2cc(CN)ccc2C(F)(F)F)cc1. The highest BCUT2D eigenvalue weighted by Gasteiger charge is 2.33. The Kier molecular flexibility index (Phi) is 4.34. The van der Waals surface area contributed by atoms with Crippen molar-refractivity contribution in [1.82, 2.24) is 0 Å². The van der Waals surface area contributed by atoms with Crippen molar-refractivity contribution >= 4 is 0 Å². The van der Waals surface area contributed by atoms with Gasteiger partial charge in [0.05, 0.1) is 5.56 Å². The lowest BCUT2D eigenvalue weighted by Gasteiger charge is -2.15. The summed E-state index contributed by atoms with van der Waals surface area (Å²) in [5.41, 5.74) is 12.8. The molecule has 21 heavy (non-hydrogen) atoms. The third-order valence-corrected chi connectivity index (χ3v) is 3.37. The minimum Gasteiger partial charge on any atom is -0.326 e. The van der Waals surface area contributed by atoms with Crippen molar-refractivity contribution < 1.29 is 13.2 Å². The molecule has 0 amide bonds. The van der Waals surface area contributed by atoms with E-state index in [4.69, 9.17) is 11.5 Å². The van der Waals surface area contributed by atoms with Crippen LogP contribution < -0.4 is 11.5 Å². The molecule has 2 aromatic rings. The number of benzene rings is 2. The first-order valence-corrected chi connectivity index (χ1v) is 6.59. The molecule has 0 aromatic heterocycles. The Morgan fingerprint density at radius 1 is 1.05 bits per heavy atom. The lowest BCUT2D eigenvalue weighted by Crippen LogP contribution is -2.09. The predicted molar refractivity (Wildman–Crippen MR) is 77.4 cm³/mol. The molecule has 1 atom stereocenters. The molecule has 0 aliphatic heterocycles. The van der Waals surface area contributed by atoms with E-state index in [0.717, 1.165) is 11.6 Å². The van der Waals surface area contributed by atoms with Crippen LogP contribution in [-0.2, 0) is 12.7 Å². The summed E-state index contributed by atoms with van der Waals surface area (Å²) in [5.74, 6) is 0. The maximum absolute atomic E-state index is 13.1. The third kappa shape index (κ3) is 3.43. The van der Waals surface area contributed by atoms with E-state index in [2.05, 4.69) is 0 Å². The molecule has 0 aliphatic rings. The minimum absolute atomic E-state index is 0.140. The number of alkyl halides is 3. The summed E-state index contributed by atoms with van der Waals surface area (Å²) < 4.78 is 39.4. The molecule has 0 radical (unpaired) electrons. The van der Waals surface area contributed by atoms with Gasteiger partial charge in [0.2, 0.25) is 0 Å². The van der Waals surface area contributed by atoms with Gasteiger partial charge in [-0.05, 0) is 41.3 Å². The number of halogens is 3. The average molecular weight is 294 g/mol. The second-order valence-electron chi connectivity index (χ2n) is 4.99. The first-order valence-electron chi connectivity index (χ1n) is 6.59. The number of hydrogen-bond donors (Lipinski definition) is 2. The molecule has 1 unspecified atom stereocenters. The van der Waals surface area contributed by atoms with Gasteiger partial charge < -0.3 is 11.5 Å². The van der Waals surface area contributed by atoms with Gasteiger partial charge in [-0.3, -0.25) is 0 Å². The van der Waals surface area contributed by atoms with Crippen molar-refractivity contribution in [3.05, 3.63) is 59.2 Å². The monoisotopic (exact) mass is 294 g/mol. The Bertz CT molecular complexity index is 616. The van der Waals surface area contributed by atoms with Crippen LogP contribution in [0.4, 0.5) is 13.2 Å². The van der Waals surface area contributed by atoms with E-state index in [1.165, 1.54) is 12.1 Å². The third-order valence-electron chi connectivity index (χ3n) is 3.37. The van der Waals surface area contributed by atoms with Crippen molar-refractivity contribution in [2.45, 2.75) is 25.7 Å². The van der Waals surface area contributed by atoms with Gasteiger partial charge in [0, 0.05) is 12.6 Å². The lowest BCUT2D eigenvalue weighted by molar-refractivity contribution is -0.137. The van der Waals surface area contributed by atoms with Crippen LogP contribution >= 0.6 is 0 Å². The quantitative estimate of drug-likeness (QED) is 0.903. The Balaban J connectivity index is 2.55. The second kappa shape index (κ2) is 5.87. The van der Waals surface area contributed by atoms with Gasteiger partial charge in [-0.2, -0.15) is 13.2 Å². The maximum Gasteiger partial charge on any atom is 0.417 e. The van der Waals surface area contributed by atoms with E-state index in [-0.39, 0.29) is 18.2 Å². The van der Waals surface area contributed by atoms with Crippen molar-refractivity contribution in [3.63, 3.8) is 0 Å². The largest absolute Gasteiger partial charge is 0.417 e. The fourth-order valence-electron chi connectivity index (χ4n) is 2.17. The highest BCUT2D eigenvalue weighted by atomic mass is 19.4. The van der Waals surface area contributed by atoms with Crippen LogP contribution in [-0.4, -0.2) is 0 Å². The van der Waals surface area contributed by atoms with E-state index in [0.29, 0.717) is 11.1 Å². The lowest BCUT2D eigenvalue weighted by atomic mass is 9.95. The molecule has 0 aliphatic carbocycles. The number of hydrogen-bond acceptors (Lipinski definition) is 2. The molecular formula is C16H17F3N2. The molecule has 0 fully saturated rings. The molecule has 0 spiro atoms. The van der Waals surface area contributed by atoms with Crippen molar-refractivity contribution in [1.29, 1.82) is 0 Å². The molecule has 2 rings (SSSR count). The van der Waals surface area contributed by atoms with Crippen molar-refractivity contribution in [2.24, 2.45) is 11.5 Å². The van der Waals surface area contributed by atoms with E-state index in [1.807, 2.05) is 6.92 Å². The zero-order chi connectivity index (χ0) is 15.6. The Morgan fingerprint density at radius 3 is 2.14 bits per heavy atom. The van der Waals surface area contributed by atoms with Gasteiger partial charge in [-0.25, -0.2) is 0 Å². The second-order valence-corrected chi connectivity index (χ2v) is 4.99. The number of nitrogens with two attached hydrogens (primary N) is 2.